The van der Waals surface area contributed by atoms with Crippen LogP contribution in [-0.4, -0.2) is 165 Å². The Morgan fingerprint density at radius 1 is 0.957 bits per heavy atom. The van der Waals surface area contributed by atoms with Gasteiger partial charge in [0.05, 0.1) is 48.3 Å². The van der Waals surface area contributed by atoms with Crippen molar-refractivity contribution in [1.29, 1.82) is 0 Å². The number of carboxylic acids is 1. The van der Waals surface area contributed by atoms with E-state index in [1.165, 1.54) is 31.4 Å². The third-order valence-corrected chi connectivity index (χ3v) is 14.0. The molecule has 378 valence electrons. The summed E-state index contributed by atoms with van der Waals surface area (Å²) >= 11 is 5.43. The van der Waals surface area contributed by atoms with Crippen LogP contribution in [0.4, 0.5) is 0 Å². The summed E-state index contributed by atoms with van der Waals surface area (Å²) in [5, 5.41) is 57.9. The molecule has 4 heterocycles. The number of halogens is 1. The number of carboxylic acid groups (broad SMARTS) is 1. The fourth-order valence-electron chi connectivity index (χ4n) is 9.99. The Hall–Kier alpha value is -4.65. The highest BCUT2D eigenvalue weighted by Gasteiger charge is 2.54. The van der Waals surface area contributed by atoms with E-state index < -0.39 is 120 Å². The maximum absolute atomic E-state index is 13.9. The number of oxime groups is 1. The number of ether oxygens (including phenoxy) is 7. The molecule has 3 fully saturated rings. The van der Waals surface area contributed by atoms with Crippen LogP contribution in [0, 0.1) is 0 Å². The fraction of sp³-hybridized carbons (Fsp3) is 0.617. The van der Waals surface area contributed by atoms with E-state index in [1.807, 2.05) is 19.0 Å². The lowest BCUT2D eigenvalue weighted by molar-refractivity contribution is -0.324. The number of hydrogen-bond acceptors (Lipinski definition) is 20. The van der Waals surface area contributed by atoms with Gasteiger partial charge >= 0.3 is 11.9 Å². The molecule has 4 aliphatic heterocycles. The summed E-state index contributed by atoms with van der Waals surface area (Å²) in [4.78, 5) is 69.9. The number of nitrogens with two attached hydrogens (primary N) is 1. The predicted molar refractivity (Wildman–Crippen MR) is 240 cm³/mol. The number of aromatic hydroxyl groups is 2. The van der Waals surface area contributed by atoms with E-state index in [4.69, 9.17) is 55.6 Å². The molecule has 2 aromatic carbocycles. The maximum Gasteiger partial charge on any atom is 0.324 e. The largest absolute Gasteiger partial charge is 0.507 e. The van der Waals surface area contributed by atoms with Crippen molar-refractivity contribution in [3.63, 3.8) is 0 Å². The summed E-state index contributed by atoms with van der Waals surface area (Å²) in [5.74, 6) is -5.71. The van der Waals surface area contributed by atoms with Gasteiger partial charge in [-0.15, -0.1) is 0 Å². The Morgan fingerprint density at radius 3 is 2.22 bits per heavy atom. The number of nitrogens with zero attached hydrogens (tertiary/aromatic N) is 2. The summed E-state index contributed by atoms with van der Waals surface area (Å²) in [6, 6.07) is 4.05. The number of benzene rings is 2. The molecule has 0 spiro atoms. The van der Waals surface area contributed by atoms with Crippen LogP contribution in [0.2, 0.25) is 0 Å². The summed E-state index contributed by atoms with van der Waals surface area (Å²) in [6.07, 6.45) is -7.00. The minimum absolute atomic E-state index is 0.00573. The Labute approximate surface area is 402 Å². The molecule has 21 nitrogen and oxygen atoms in total. The number of hydrogen-bond donors (Lipinski definition) is 6. The molecule has 6 aliphatic rings. The van der Waals surface area contributed by atoms with E-state index in [-0.39, 0.29) is 82.5 Å². The molecule has 69 heavy (non-hydrogen) atoms. The fourth-order valence-corrected chi connectivity index (χ4v) is 10.2. The van der Waals surface area contributed by atoms with Gasteiger partial charge in [0.2, 0.25) is 5.78 Å². The number of phenols is 2. The number of methoxy groups -OCH3 is 1. The van der Waals surface area contributed by atoms with Crippen molar-refractivity contribution < 1.29 is 87.5 Å². The number of carbonyl (C=O) groups excluding carboxylic acids is 4. The molecule has 7 N–H and O–H groups in total. The number of esters is 1. The lowest BCUT2D eigenvalue weighted by atomic mass is 9.67. The van der Waals surface area contributed by atoms with Gasteiger partial charge < -0.3 is 74.2 Å². The van der Waals surface area contributed by atoms with Gasteiger partial charge in [-0.25, -0.2) is 0 Å². The van der Waals surface area contributed by atoms with Gasteiger partial charge in [0, 0.05) is 61.3 Å². The van der Waals surface area contributed by atoms with Gasteiger partial charge in [0.25, 0.3) is 0 Å². The van der Waals surface area contributed by atoms with Crippen LogP contribution in [0.1, 0.15) is 128 Å². The van der Waals surface area contributed by atoms with E-state index in [2.05, 4.69) is 9.99 Å². The van der Waals surface area contributed by atoms with Crippen molar-refractivity contribution in [1.82, 2.24) is 4.90 Å². The zero-order chi connectivity index (χ0) is 50.4. The monoisotopic (exact) mass is 989 g/mol. The molecular formula is C47H60ClN3O18. The molecule has 22 heteroatoms. The molecule has 2 aliphatic carbocycles. The van der Waals surface area contributed by atoms with E-state index in [0.29, 0.717) is 12.8 Å². The van der Waals surface area contributed by atoms with E-state index in [9.17, 15) is 44.4 Å². The van der Waals surface area contributed by atoms with Crippen molar-refractivity contribution in [3.8, 4) is 11.5 Å². The normalized spacial score (nSPS) is 34.6. The van der Waals surface area contributed by atoms with Gasteiger partial charge in [-0.3, -0.25) is 24.0 Å². The molecule has 15 atom stereocenters. The lowest BCUT2D eigenvalue weighted by Gasteiger charge is -2.48. The maximum atomic E-state index is 13.9. The van der Waals surface area contributed by atoms with Gasteiger partial charge in [-0.2, -0.15) is 0 Å². The molecule has 0 aromatic heterocycles. The highest BCUT2D eigenvalue weighted by atomic mass is 35.5. The first-order chi connectivity index (χ1) is 32.6. The Morgan fingerprint density at radius 2 is 1.62 bits per heavy atom. The zero-order valence-corrected chi connectivity index (χ0v) is 40.0. The van der Waals surface area contributed by atoms with Crippen molar-refractivity contribution in [2.45, 2.75) is 164 Å². The van der Waals surface area contributed by atoms with Crippen LogP contribution in [0.5, 0.6) is 11.5 Å². The molecule has 0 bridgehead atoms. The molecule has 0 unspecified atom stereocenters. The third-order valence-electron chi connectivity index (χ3n) is 13.8. The van der Waals surface area contributed by atoms with Crippen LogP contribution in [0.25, 0.3) is 0 Å². The van der Waals surface area contributed by atoms with E-state index in [0.717, 1.165) is 0 Å². The number of aliphatic carboxylic acids is 1. The molecular weight excluding hydrogens is 930 g/mol. The first-order valence-electron chi connectivity index (χ1n) is 22.9. The van der Waals surface area contributed by atoms with Gasteiger partial charge in [-0.05, 0) is 59.0 Å². The smallest absolute Gasteiger partial charge is 0.324 e. The van der Waals surface area contributed by atoms with Crippen LogP contribution in [0.3, 0.4) is 0 Å². The SMILES string of the molecule is CC[C@@]1(O)C[C@H](O[C@H]2C[C@H](N(C)C)[C@H](O[C@H]3C[C@H](O)[C@H](O[C@H]4CCC(=O)[C@H](C)O4)[C@H](C)O3)[C@H](C)O2)c2c(cc3c(c2O)C(=O)c2c(O)cccc2C3=O)[C@H]1C(=O)OC.N[C@H](C(=O)O)[C@@H]1CC(Cl)=NO1. The molecule has 2 aromatic rings. The van der Waals surface area contributed by atoms with Crippen LogP contribution in [-0.2, 0) is 52.4 Å². The van der Waals surface area contributed by atoms with Gasteiger partial charge in [0.1, 0.15) is 46.9 Å². The highest BCUT2D eigenvalue weighted by Crippen LogP contribution is 2.54. The number of phenolic OH excluding ortho intramolecular Hbond substituents is 2. The van der Waals surface area contributed by atoms with E-state index in [1.54, 1.807) is 27.7 Å². The van der Waals surface area contributed by atoms with Crippen molar-refractivity contribution in [2.24, 2.45) is 10.9 Å². The van der Waals surface area contributed by atoms with Gasteiger partial charge in [-0.1, -0.05) is 35.8 Å². The topological polar surface area (TPSA) is 302 Å². The Bertz CT molecular complexity index is 2340. The first-order valence-corrected chi connectivity index (χ1v) is 23.2. The van der Waals surface area contributed by atoms with Crippen molar-refractivity contribution >= 4 is 46.1 Å². The molecule has 3 saturated heterocycles. The average molecular weight is 990 g/mol. The first kappa shape index (κ1) is 52.2. The molecule has 0 radical (unpaired) electrons. The third kappa shape index (κ3) is 10.4. The number of aliphatic hydroxyl groups excluding tert-OH is 1. The molecule has 0 saturated carbocycles. The molecule has 0 amide bonds. The average Bonchev–Trinajstić information content (AvgIpc) is 3.73. The quantitative estimate of drug-likeness (QED) is 0.151. The van der Waals surface area contributed by atoms with Crippen molar-refractivity contribution in [2.75, 3.05) is 21.2 Å². The van der Waals surface area contributed by atoms with Gasteiger partial charge in [0.15, 0.2) is 36.5 Å². The lowest BCUT2D eigenvalue weighted by Crippen LogP contribution is -2.58. The summed E-state index contributed by atoms with van der Waals surface area (Å²) in [7, 11) is 4.91. The standard InChI is InChI=1S/C42H53NO15.C5H7ClN2O3/c1-8-42(51)17-28(33-22(35(42)41(50)52-7)14-23-34(38(33)49)37(48)32-21(36(23)47)10-9-11-26(32)45)56-30-15-24(43(5)6)39(19(3)54-30)58-31-16-27(46)40(20(4)55-31)57-29-13-12-25(44)18(2)53-29;6-3-1-2(11-8-3)4(7)5(9)10/h9-11,14,18-20,24,27-31,35,39-40,45-46,49,51H,8,12-13,15-17H2,1-7H3;2,4H,1,7H2,(H,9,10)/t18-,19-,20-,24-,27-,28-,29-,30-,31-,35-,39+,40+,42+;2-,4-/m00/s1. The predicted octanol–water partition coefficient (Wildman–Crippen LogP) is 2.90. The number of Topliss-reactive ketones (excluding diaryl/α,β-unsaturated/α-hetero) is 1. The number of fused-ring (bicyclic) bond motifs is 3. The summed E-state index contributed by atoms with van der Waals surface area (Å²) in [6.45, 7) is 6.95. The van der Waals surface area contributed by atoms with E-state index >= 15 is 0 Å². The van der Waals surface area contributed by atoms with Crippen LogP contribution in [0.15, 0.2) is 29.4 Å². The van der Waals surface area contributed by atoms with Crippen molar-refractivity contribution in [3.05, 3.63) is 57.6 Å². The molecule has 8 rings (SSSR count). The second-order valence-corrected chi connectivity index (χ2v) is 18.9. The van der Waals surface area contributed by atoms with Crippen LogP contribution < -0.4 is 5.73 Å². The zero-order valence-electron chi connectivity index (χ0n) is 39.2. The summed E-state index contributed by atoms with van der Waals surface area (Å²) < 4.78 is 42.6. The number of aliphatic hydroxyl groups is 2. The number of likely N-dealkylation sites (N-methyl/N-ethyl adjacent to an activating group) is 1. The second-order valence-electron chi connectivity index (χ2n) is 18.5. The number of ketones is 3. The minimum Gasteiger partial charge on any atom is -0.507 e. The Balaban J connectivity index is 0.000000563. The van der Waals surface area contributed by atoms with Crippen LogP contribution >= 0.6 is 11.6 Å². The number of carbonyl (C=O) groups is 5. The Kier molecular flexibility index (Phi) is 15.9. The highest BCUT2D eigenvalue weighted by molar-refractivity contribution is 6.65. The number of rotatable bonds is 11. The second kappa shape index (κ2) is 21.0. The summed E-state index contributed by atoms with van der Waals surface area (Å²) in [5.41, 5.74) is 2.73. The minimum atomic E-state index is -1.76.